The molecule has 3 unspecified atom stereocenters. The summed E-state index contributed by atoms with van der Waals surface area (Å²) in [6, 6.07) is 8.81. The molecular weight excluding hydrogens is 735 g/mol. The lowest BCUT2D eigenvalue weighted by atomic mass is 10.0. The van der Waals surface area contributed by atoms with E-state index in [-0.39, 0.29) is 63.8 Å². The third kappa shape index (κ3) is 11.6. The summed E-state index contributed by atoms with van der Waals surface area (Å²) in [5, 5.41) is 11.9. The zero-order valence-corrected chi connectivity index (χ0v) is 30.8. The van der Waals surface area contributed by atoms with Crippen molar-refractivity contribution in [2.24, 2.45) is 5.92 Å². The highest BCUT2D eigenvalue weighted by Gasteiger charge is 2.31. The number of pyridine rings is 1. The van der Waals surface area contributed by atoms with E-state index in [1.807, 2.05) is 0 Å². The third-order valence-electron chi connectivity index (χ3n) is 7.64. The van der Waals surface area contributed by atoms with E-state index in [0.29, 0.717) is 10.3 Å². The van der Waals surface area contributed by atoms with Gasteiger partial charge in [0.25, 0.3) is 11.3 Å². The van der Waals surface area contributed by atoms with Gasteiger partial charge in [-0.05, 0) is 95.6 Å². The minimum atomic E-state index is -3.11. The predicted molar refractivity (Wildman–Crippen MR) is 186 cm³/mol. The first-order valence-corrected chi connectivity index (χ1v) is 17.6. The molecule has 3 atom stereocenters. The fourth-order valence-corrected chi connectivity index (χ4v) is 6.03. The molecule has 51 heavy (non-hydrogen) atoms. The number of carbonyl (C=O) groups excluding carboxylic acids is 2. The van der Waals surface area contributed by atoms with Crippen LogP contribution in [0, 0.1) is 11.1 Å². The van der Waals surface area contributed by atoms with E-state index in [1.54, 1.807) is 39.8 Å². The van der Waals surface area contributed by atoms with Crippen molar-refractivity contribution in [1.82, 2.24) is 4.90 Å². The van der Waals surface area contributed by atoms with Crippen LogP contribution in [0.15, 0.2) is 54.9 Å². The van der Waals surface area contributed by atoms with Crippen LogP contribution in [-0.4, -0.2) is 71.1 Å². The summed E-state index contributed by atoms with van der Waals surface area (Å²) in [6.07, 6.45) is 2.83. The van der Waals surface area contributed by atoms with Gasteiger partial charge in [0.1, 0.15) is 27.8 Å². The van der Waals surface area contributed by atoms with E-state index in [4.69, 9.17) is 37.4 Å². The Kier molecular flexibility index (Phi) is 13.5. The van der Waals surface area contributed by atoms with Gasteiger partial charge in [-0.25, -0.2) is 9.00 Å². The van der Waals surface area contributed by atoms with E-state index in [9.17, 15) is 32.3 Å². The minimum absolute atomic E-state index is 0.00488. The van der Waals surface area contributed by atoms with Crippen LogP contribution >= 0.6 is 23.2 Å². The second-order valence-corrected chi connectivity index (χ2v) is 14.8. The standard InChI is InChI=1S/C34H39Cl2F2N3O9S/c1-34(2,3)50-32(43)27(39(4)5)18-41(51(45)46)23-11-8-21(9-12-23)31(42)48-29(15-24-25(35)16-40(44)17-26(24)36)22-10-13-28(49-33(37)38)30(14-22)47-19-20-6-7-20/h8-14,16-17,20,27,29,33H,6-7,15,18-19H2,1-5H3,(H,45,46). The molecule has 1 aliphatic rings. The summed E-state index contributed by atoms with van der Waals surface area (Å²) < 4.78 is 72.3. The number of rotatable bonds is 16. The molecule has 4 rings (SSSR count). The molecular formula is C34H39Cl2F2N3O9S. The lowest BCUT2D eigenvalue weighted by Crippen LogP contribution is -2.48. The maximum absolute atomic E-state index is 13.6. The molecule has 1 aromatic heterocycles. The zero-order chi connectivity index (χ0) is 37.6. The Hall–Kier alpha value is -3.76. The highest BCUT2D eigenvalue weighted by Crippen LogP contribution is 2.38. The van der Waals surface area contributed by atoms with Gasteiger partial charge in [-0.1, -0.05) is 29.3 Å². The molecule has 1 N–H and O–H groups in total. The van der Waals surface area contributed by atoms with Gasteiger partial charge in [0, 0.05) is 12.0 Å². The molecule has 0 saturated heterocycles. The van der Waals surface area contributed by atoms with E-state index in [2.05, 4.69) is 4.74 Å². The van der Waals surface area contributed by atoms with Gasteiger partial charge in [-0.3, -0.25) is 18.6 Å². The first-order valence-electron chi connectivity index (χ1n) is 15.8. The zero-order valence-electron chi connectivity index (χ0n) is 28.5. The third-order valence-corrected chi connectivity index (χ3v) is 9.03. The molecule has 1 fully saturated rings. The molecule has 1 saturated carbocycles. The highest BCUT2D eigenvalue weighted by atomic mass is 35.5. The number of anilines is 1. The van der Waals surface area contributed by atoms with Crippen LogP contribution in [0.5, 0.6) is 11.5 Å². The molecule has 278 valence electrons. The van der Waals surface area contributed by atoms with Gasteiger partial charge in [0.05, 0.1) is 24.4 Å². The first-order chi connectivity index (χ1) is 23.9. The first kappa shape index (κ1) is 40.0. The number of esters is 2. The Balaban J connectivity index is 1.62. The van der Waals surface area contributed by atoms with Crippen molar-refractivity contribution in [1.29, 1.82) is 0 Å². The average molecular weight is 775 g/mol. The number of ether oxygens (including phenoxy) is 4. The molecule has 0 amide bonds. The van der Waals surface area contributed by atoms with E-state index < -0.39 is 47.6 Å². The molecule has 0 spiro atoms. The maximum atomic E-state index is 13.6. The topological polar surface area (TPSA) is 142 Å². The predicted octanol–water partition coefficient (Wildman–Crippen LogP) is 6.37. The molecule has 0 radical (unpaired) electrons. The molecule has 12 nitrogen and oxygen atoms in total. The van der Waals surface area contributed by atoms with Gasteiger partial charge in [-0.2, -0.15) is 13.5 Å². The van der Waals surface area contributed by atoms with Crippen LogP contribution in [0.25, 0.3) is 0 Å². The number of nitrogens with zero attached hydrogens (tertiary/aromatic N) is 3. The quantitative estimate of drug-likeness (QED) is 0.0755. The summed E-state index contributed by atoms with van der Waals surface area (Å²) in [5.41, 5.74) is 0.107. The molecule has 1 heterocycles. The number of likely N-dealkylation sites (N-methyl/N-ethyl adjacent to an activating group) is 1. The molecule has 0 bridgehead atoms. The fraction of sp³-hybridized carbons (Fsp3) is 0.441. The lowest BCUT2D eigenvalue weighted by molar-refractivity contribution is -0.605. The van der Waals surface area contributed by atoms with Crippen LogP contribution in [0.3, 0.4) is 0 Å². The van der Waals surface area contributed by atoms with Crippen molar-refractivity contribution in [2.75, 3.05) is 31.6 Å². The number of hydrogen-bond acceptors (Lipinski definition) is 9. The van der Waals surface area contributed by atoms with Gasteiger partial charge in [-0.15, -0.1) is 0 Å². The van der Waals surface area contributed by atoms with Crippen molar-refractivity contribution in [2.45, 2.75) is 64.4 Å². The van der Waals surface area contributed by atoms with Crippen molar-refractivity contribution >= 4 is 52.1 Å². The van der Waals surface area contributed by atoms with Crippen LogP contribution in [-0.2, 0) is 32.0 Å². The maximum Gasteiger partial charge on any atom is 0.387 e. The van der Waals surface area contributed by atoms with Crippen molar-refractivity contribution < 1.29 is 50.8 Å². The smallest absolute Gasteiger partial charge is 0.387 e. The summed E-state index contributed by atoms with van der Waals surface area (Å²) in [4.78, 5) is 28.0. The second kappa shape index (κ2) is 17.2. The van der Waals surface area contributed by atoms with Crippen LogP contribution in [0.4, 0.5) is 14.5 Å². The van der Waals surface area contributed by atoms with Gasteiger partial charge in [0.15, 0.2) is 23.9 Å². The Labute approximate surface area is 307 Å². The number of hydrogen-bond donors (Lipinski definition) is 1. The van der Waals surface area contributed by atoms with Crippen LogP contribution in [0.1, 0.15) is 61.2 Å². The Bertz CT molecular complexity index is 1700. The monoisotopic (exact) mass is 773 g/mol. The summed E-state index contributed by atoms with van der Waals surface area (Å²) in [5.74, 6) is -1.30. The highest BCUT2D eigenvalue weighted by molar-refractivity contribution is 7.80. The van der Waals surface area contributed by atoms with E-state index >= 15 is 0 Å². The minimum Gasteiger partial charge on any atom is -0.619 e. The SMILES string of the molecule is CN(C)C(CN(c1ccc(C(=O)OC(Cc2c(Cl)c[n+]([O-])cc2Cl)c2ccc(OC(F)F)c(OCC3CC3)c2)cc1)S(=O)O)C(=O)OC(C)(C)C. The Morgan fingerprint density at radius 1 is 1.06 bits per heavy atom. The number of carbonyl (C=O) groups is 2. The fourth-order valence-electron chi connectivity index (χ4n) is 4.86. The Morgan fingerprint density at radius 3 is 2.22 bits per heavy atom. The van der Waals surface area contributed by atoms with E-state index in [0.717, 1.165) is 29.5 Å². The number of alkyl halides is 2. The Morgan fingerprint density at radius 2 is 1.69 bits per heavy atom. The second-order valence-electron chi connectivity index (χ2n) is 13.1. The van der Waals surface area contributed by atoms with Gasteiger partial charge >= 0.3 is 18.6 Å². The van der Waals surface area contributed by atoms with Gasteiger partial charge < -0.3 is 24.2 Å². The lowest BCUT2D eigenvalue weighted by Gasteiger charge is -2.31. The molecule has 2 aromatic carbocycles. The van der Waals surface area contributed by atoms with Crippen LogP contribution in [0.2, 0.25) is 10.0 Å². The van der Waals surface area contributed by atoms with Crippen molar-refractivity contribution in [3.63, 3.8) is 0 Å². The molecule has 17 heteroatoms. The van der Waals surface area contributed by atoms with E-state index in [1.165, 1.54) is 42.5 Å². The molecule has 1 aliphatic carbocycles. The number of benzene rings is 2. The summed E-state index contributed by atoms with van der Waals surface area (Å²) in [6.45, 7) is 2.10. The van der Waals surface area contributed by atoms with Crippen molar-refractivity contribution in [3.05, 3.63) is 86.8 Å². The normalized spacial score (nSPS) is 14.9. The summed E-state index contributed by atoms with van der Waals surface area (Å²) in [7, 11) is 3.27. The largest absolute Gasteiger partial charge is 0.619 e. The summed E-state index contributed by atoms with van der Waals surface area (Å²) >= 11 is 10.1. The average Bonchev–Trinajstić information content (AvgIpc) is 3.85. The molecule has 0 aliphatic heterocycles. The van der Waals surface area contributed by atoms with Crippen molar-refractivity contribution in [3.8, 4) is 11.5 Å². The number of halogens is 4. The number of aromatic nitrogens is 1. The van der Waals surface area contributed by atoms with Gasteiger partial charge in [0.2, 0.25) is 0 Å². The molecule has 3 aromatic rings. The van der Waals surface area contributed by atoms with Crippen LogP contribution < -0.4 is 18.5 Å².